The number of hydrogen-bond acceptors (Lipinski definition) is 3. The molecule has 16 heavy (non-hydrogen) atoms. The fraction of sp³-hybridized carbons (Fsp3) is 0.538. The van der Waals surface area contributed by atoms with Gasteiger partial charge in [0.15, 0.2) is 0 Å². The zero-order valence-electron chi connectivity index (χ0n) is 10.5. The second-order valence-corrected chi connectivity index (χ2v) is 6.59. The van der Waals surface area contributed by atoms with Crippen LogP contribution in [0, 0.1) is 0 Å². The quantitative estimate of drug-likeness (QED) is 0.776. The summed E-state index contributed by atoms with van der Waals surface area (Å²) in [5, 5.41) is 4.00. The van der Waals surface area contributed by atoms with E-state index in [1.807, 2.05) is 30.6 Å². The molecule has 0 spiro atoms. The first kappa shape index (κ1) is 13.9. The van der Waals surface area contributed by atoms with Crippen molar-refractivity contribution in [1.29, 1.82) is 0 Å². The average Bonchev–Trinajstić information content (AvgIpc) is 2.26. The predicted molar refractivity (Wildman–Crippen MR) is 77.6 cm³/mol. The summed E-state index contributed by atoms with van der Waals surface area (Å²) in [7, 11) is 2.03. The van der Waals surface area contributed by atoms with E-state index in [4.69, 9.17) is 0 Å². The van der Waals surface area contributed by atoms with Crippen molar-refractivity contribution in [2.45, 2.75) is 30.0 Å². The zero-order chi connectivity index (χ0) is 12.0. The predicted octanol–water partition coefficient (Wildman–Crippen LogP) is 3.81. The molecule has 0 aliphatic heterocycles. The van der Waals surface area contributed by atoms with Gasteiger partial charge in [-0.3, -0.25) is 0 Å². The van der Waals surface area contributed by atoms with Crippen molar-refractivity contribution in [2.24, 2.45) is 0 Å². The van der Waals surface area contributed by atoms with E-state index in [2.05, 4.69) is 49.7 Å². The Bertz CT molecular complexity index is 295. The second kappa shape index (κ2) is 7.25. The standard InChI is InChI=1S/C13H21NS2/c1-10(2)16-12-7-5-11(6-8-12)13(14-3)9-15-4/h5-8,10,13-14H,9H2,1-4H3. The van der Waals surface area contributed by atoms with Crippen LogP contribution in [0.2, 0.25) is 0 Å². The first-order chi connectivity index (χ1) is 7.67. The Labute approximate surface area is 108 Å². The highest BCUT2D eigenvalue weighted by atomic mass is 32.2. The third-order valence-corrected chi connectivity index (χ3v) is 4.02. The summed E-state index contributed by atoms with van der Waals surface area (Å²) < 4.78 is 0. The molecular formula is C13H21NS2. The minimum absolute atomic E-state index is 0.466. The Morgan fingerprint density at radius 2 is 1.81 bits per heavy atom. The van der Waals surface area contributed by atoms with Gasteiger partial charge < -0.3 is 5.32 Å². The molecule has 1 aromatic carbocycles. The molecule has 0 saturated heterocycles. The van der Waals surface area contributed by atoms with Crippen LogP contribution in [0.1, 0.15) is 25.5 Å². The Kier molecular flexibility index (Phi) is 6.32. The van der Waals surface area contributed by atoms with E-state index in [9.17, 15) is 0 Å². The number of benzene rings is 1. The van der Waals surface area contributed by atoms with Gasteiger partial charge in [-0.05, 0) is 31.0 Å². The van der Waals surface area contributed by atoms with Crippen LogP contribution in [0.5, 0.6) is 0 Å². The Morgan fingerprint density at radius 1 is 1.19 bits per heavy atom. The fourth-order valence-corrected chi connectivity index (χ4v) is 3.09. The third kappa shape index (κ3) is 4.40. The van der Waals surface area contributed by atoms with Crippen LogP contribution >= 0.6 is 23.5 Å². The molecular weight excluding hydrogens is 234 g/mol. The lowest BCUT2D eigenvalue weighted by molar-refractivity contribution is 0.662. The van der Waals surface area contributed by atoms with E-state index >= 15 is 0 Å². The van der Waals surface area contributed by atoms with Gasteiger partial charge in [0, 0.05) is 21.9 Å². The Balaban J connectivity index is 2.69. The summed E-state index contributed by atoms with van der Waals surface area (Å²) in [5.41, 5.74) is 1.38. The summed E-state index contributed by atoms with van der Waals surface area (Å²) in [4.78, 5) is 1.36. The molecule has 0 aromatic heterocycles. The Morgan fingerprint density at radius 3 is 2.25 bits per heavy atom. The molecule has 3 heteroatoms. The van der Waals surface area contributed by atoms with Crippen molar-refractivity contribution in [1.82, 2.24) is 5.32 Å². The maximum atomic E-state index is 3.35. The minimum atomic E-state index is 0.466. The molecule has 90 valence electrons. The first-order valence-corrected chi connectivity index (χ1v) is 7.87. The summed E-state index contributed by atoms with van der Waals surface area (Å²) in [6, 6.07) is 9.40. The van der Waals surface area contributed by atoms with Crippen molar-refractivity contribution in [3.8, 4) is 0 Å². The molecule has 0 amide bonds. The molecule has 0 aliphatic rings. The molecule has 1 aromatic rings. The Hall–Kier alpha value is -0.120. The molecule has 0 aliphatic carbocycles. The number of hydrogen-bond donors (Lipinski definition) is 1. The topological polar surface area (TPSA) is 12.0 Å². The molecule has 0 heterocycles. The summed E-state index contributed by atoms with van der Waals surface area (Å²) in [5.74, 6) is 1.12. The highest BCUT2D eigenvalue weighted by Gasteiger charge is 2.08. The first-order valence-electron chi connectivity index (χ1n) is 5.60. The molecule has 1 nitrogen and oxygen atoms in total. The zero-order valence-corrected chi connectivity index (χ0v) is 12.1. The molecule has 0 bridgehead atoms. The van der Waals surface area contributed by atoms with Crippen LogP contribution in [0.4, 0.5) is 0 Å². The van der Waals surface area contributed by atoms with Crippen molar-refractivity contribution in [3.05, 3.63) is 29.8 Å². The van der Waals surface area contributed by atoms with Crippen LogP contribution in [-0.4, -0.2) is 24.3 Å². The third-order valence-electron chi connectivity index (χ3n) is 2.34. The maximum absolute atomic E-state index is 3.35. The molecule has 1 rings (SSSR count). The van der Waals surface area contributed by atoms with Gasteiger partial charge >= 0.3 is 0 Å². The smallest absolute Gasteiger partial charge is 0.0409 e. The van der Waals surface area contributed by atoms with Gasteiger partial charge in [0.1, 0.15) is 0 Å². The fourth-order valence-electron chi connectivity index (χ4n) is 1.56. The summed E-state index contributed by atoms with van der Waals surface area (Å²) in [6.07, 6.45) is 2.15. The van der Waals surface area contributed by atoms with E-state index in [1.54, 1.807) is 0 Å². The van der Waals surface area contributed by atoms with Crippen LogP contribution < -0.4 is 5.32 Å². The number of nitrogens with one attached hydrogen (secondary N) is 1. The normalized spacial score (nSPS) is 13.1. The lowest BCUT2D eigenvalue weighted by Gasteiger charge is -2.15. The van der Waals surface area contributed by atoms with Gasteiger partial charge in [0.25, 0.3) is 0 Å². The van der Waals surface area contributed by atoms with Crippen molar-refractivity contribution in [2.75, 3.05) is 19.1 Å². The van der Waals surface area contributed by atoms with Crippen LogP contribution in [-0.2, 0) is 0 Å². The van der Waals surface area contributed by atoms with Gasteiger partial charge in [-0.15, -0.1) is 11.8 Å². The molecule has 1 N–H and O–H groups in total. The van der Waals surface area contributed by atoms with E-state index in [1.165, 1.54) is 10.5 Å². The lowest BCUT2D eigenvalue weighted by Crippen LogP contribution is -2.18. The highest BCUT2D eigenvalue weighted by molar-refractivity contribution is 7.99. The minimum Gasteiger partial charge on any atom is -0.312 e. The molecule has 1 atom stereocenters. The largest absolute Gasteiger partial charge is 0.312 e. The van der Waals surface area contributed by atoms with Crippen LogP contribution in [0.3, 0.4) is 0 Å². The van der Waals surface area contributed by atoms with Crippen molar-refractivity contribution >= 4 is 23.5 Å². The van der Waals surface area contributed by atoms with E-state index in [0.717, 1.165) is 5.75 Å². The van der Waals surface area contributed by atoms with E-state index < -0.39 is 0 Å². The number of rotatable bonds is 6. The van der Waals surface area contributed by atoms with Crippen LogP contribution in [0.25, 0.3) is 0 Å². The summed E-state index contributed by atoms with van der Waals surface area (Å²) >= 11 is 3.79. The number of thioether (sulfide) groups is 2. The van der Waals surface area contributed by atoms with Crippen LogP contribution in [0.15, 0.2) is 29.2 Å². The van der Waals surface area contributed by atoms with Gasteiger partial charge in [0.2, 0.25) is 0 Å². The monoisotopic (exact) mass is 255 g/mol. The maximum Gasteiger partial charge on any atom is 0.0409 e. The second-order valence-electron chi connectivity index (χ2n) is 4.03. The highest BCUT2D eigenvalue weighted by Crippen LogP contribution is 2.25. The lowest BCUT2D eigenvalue weighted by atomic mass is 10.1. The van der Waals surface area contributed by atoms with Gasteiger partial charge in [-0.1, -0.05) is 26.0 Å². The van der Waals surface area contributed by atoms with Crippen molar-refractivity contribution < 1.29 is 0 Å². The van der Waals surface area contributed by atoms with Gasteiger partial charge in [0.05, 0.1) is 0 Å². The summed E-state index contributed by atoms with van der Waals surface area (Å²) in [6.45, 7) is 4.45. The van der Waals surface area contributed by atoms with E-state index in [-0.39, 0.29) is 0 Å². The molecule has 0 saturated carbocycles. The van der Waals surface area contributed by atoms with Crippen molar-refractivity contribution in [3.63, 3.8) is 0 Å². The molecule has 0 fully saturated rings. The SMILES string of the molecule is CNC(CSC)c1ccc(SC(C)C)cc1. The average molecular weight is 255 g/mol. The van der Waals surface area contributed by atoms with Gasteiger partial charge in [-0.2, -0.15) is 11.8 Å². The molecule has 0 radical (unpaired) electrons. The van der Waals surface area contributed by atoms with Gasteiger partial charge in [-0.25, -0.2) is 0 Å². The molecule has 1 unspecified atom stereocenters. The van der Waals surface area contributed by atoms with E-state index in [0.29, 0.717) is 11.3 Å².